The van der Waals surface area contributed by atoms with Gasteiger partial charge in [-0.15, -0.1) is 0 Å². The first-order valence-corrected chi connectivity index (χ1v) is 7.30. The van der Waals surface area contributed by atoms with E-state index in [0.29, 0.717) is 12.1 Å². The Morgan fingerprint density at radius 3 is 2.79 bits per heavy atom. The SMILES string of the molecule is CC(C)(C#N)CCCCNCc1cc(Br)ccc1F. The van der Waals surface area contributed by atoms with Crippen LogP contribution in [-0.2, 0) is 6.54 Å². The Kier molecular flexibility index (Phi) is 6.47. The van der Waals surface area contributed by atoms with Crippen LogP contribution in [0.2, 0.25) is 0 Å². The summed E-state index contributed by atoms with van der Waals surface area (Å²) in [4.78, 5) is 0. The van der Waals surface area contributed by atoms with Gasteiger partial charge in [-0.1, -0.05) is 22.4 Å². The van der Waals surface area contributed by atoms with Gasteiger partial charge < -0.3 is 5.32 Å². The van der Waals surface area contributed by atoms with E-state index in [9.17, 15) is 4.39 Å². The Hall–Kier alpha value is -0.920. The minimum atomic E-state index is -0.240. The van der Waals surface area contributed by atoms with E-state index in [4.69, 9.17) is 5.26 Å². The van der Waals surface area contributed by atoms with E-state index >= 15 is 0 Å². The Labute approximate surface area is 123 Å². The maximum Gasteiger partial charge on any atom is 0.127 e. The molecule has 1 rings (SSSR count). The van der Waals surface area contributed by atoms with Crippen LogP contribution in [-0.4, -0.2) is 6.54 Å². The van der Waals surface area contributed by atoms with E-state index in [1.807, 2.05) is 13.8 Å². The lowest BCUT2D eigenvalue weighted by Crippen LogP contribution is -2.16. The normalized spacial score (nSPS) is 11.3. The average Bonchev–Trinajstić information content (AvgIpc) is 2.37. The molecule has 0 amide bonds. The third-order valence-electron chi connectivity index (χ3n) is 3.03. The molecular weight excluding hydrogens is 307 g/mol. The van der Waals surface area contributed by atoms with Crippen LogP contribution in [0.5, 0.6) is 0 Å². The van der Waals surface area contributed by atoms with Crippen molar-refractivity contribution in [2.75, 3.05) is 6.54 Å². The fourth-order valence-corrected chi connectivity index (χ4v) is 2.18. The molecule has 0 heterocycles. The van der Waals surface area contributed by atoms with E-state index in [-0.39, 0.29) is 11.2 Å². The van der Waals surface area contributed by atoms with Crippen molar-refractivity contribution >= 4 is 15.9 Å². The van der Waals surface area contributed by atoms with Gasteiger partial charge in [-0.3, -0.25) is 0 Å². The van der Waals surface area contributed by atoms with Crippen LogP contribution in [0.4, 0.5) is 4.39 Å². The van der Waals surface area contributed by atoms with Crippen LogP contribution in [0.3, 0.4) is 0 Å². The monoisotopic (exact) mass is 326 g/mol. The summed E-state index contributed by atoms with van der Waals surface area (Å²) in [5.41, 5.74) is 0.433. The fraction of sp³-hybridized carbons (Fsp3) is 0.533. The highest BCUT2D eigenvalue weighted by atomic mass is 79.9. The van der Waals surface area contributed by atoms with Gasteiger partial charge in [0.15, 0.2) is 0 Å². The minimum absolute atomic E-state index is 0.179. The van der Waals surface area contributed by atoms with E-state index in [2.05, 4.69) is 27.3 Å². The molecule has 2 nitrogen and oxygen atoms in total. The molecule has 4 heteroatoms. The second-order valence-electron chi connectivity index (χ2n) is 5.37. The molecule has 0 fully saturated rings. The molecule has 1 aromatic rings. The van der Waals surface area contributed by atoms with Crippen LogP contribution in [0.25, 0.3) is 0 Å². The average molecular weight is 327 g/mol. The Bertz CT molecular complexity index is 452. The zero-order chi connectivity index (χ0) is 14.3. The number of hydrogen-bond donors (Lipinski definition) is 1. The molecule has 1 N–H and O–H groups in total. The van der Waals surface area contributed by atoms with Crippen molar-refractivity contribution in [1.82, 2.24) is 5.32 Å². The van der Waals surface area contributed by atoms with Gasteiger partial charge in [0.25, 0.3) is 0 Å². The van der Waals surface area contributed by atoms with Crippen molar-refractivity contribution < 1.29 is 4.39 Å². The highest BCUT2D eigenvalue weighted by Crippen LogP contribution is 2.21. The molecule has 0 aliphatic carbocycles. The van der Waals surface area contributed by atoms with Gasteiger partial charge in [-0.2, -0.15) is 5.26 Å². The number of nitrogens with zero attached hydrogens (tertiary/aromatic N) is 1. The van der Waals surface area contributed by atoms with Crippen LogP contribution in [0.15, 0.2) is 22.7 Å². The maximum atomic E-state index is 13.5. The molecule has 0 aliphatic heterocycles. The first kappa shape index (κ1) is 16.1. The lowest BCUT2D eigenvalue weighted by Gasteiger charge is -2.14. The fourth-order valence-electron chi connectivity index (χ4n) is 1.77. The van der Waals surface area contributed by atoms with E-state index in [1.165, 1.54) is 6.07 Å². The van der Waals surface area contributed by atoms with Crippen LogP contribution < -0.4 is 5.32 Å². The Morgan fingerprint density at radius 2 is 2.11 bits per heavy atom. The largest absolute Gasteiger partial charge is 0.313 e. The highest BCUT2D eigenvalue weighted by Gasteiger charge is 2.15. The van der Waals surface area contributed by atoms with Gasteiger partial charge in [0.05, 0.1) is 11.5 Å². The molecule has 19 heavy (non-hydrogen) atoms. The molecule has 0 unspecified atom stereocenters. The van der Waals surface area contributed by atoms with Crippen molar-refractivity contribution in [3.63, 3.8) is 0 Å². The molecule has 0 aromatic heterocycles. The molecule has 0 saturated heterocycles. The highest BCUT2D eigenvalue weighted by molar-refractivity contribution is 9.10. The molecule has 104 valence electrons. The van der Waals surface area contributed by atoms with Crippen molar-refractivity contribution in [1.29, 1.82) is 5.26 Å². The predicted molar refractivity (Wildman–Crippen MR) is 79.1 cm³/mol. The summed E-state index contributed by atoms with van der Waals surface area (Å²) < 4.78 is 14.3. The zero-order valence-electron chi connectivity index (χ0n) is 11.5. The number of nitrogens with one attached hydrogen (secondary N) is 1. The zero-order valence-corrected chi connectivity index (χ0v) is 13.1. The number of rotatable bonds is 7. The van der Waals surface area contributed by atoms with Gasteiger partial charge >= 0.3 is 0 Å². The minimum Gasteiger partial charge on any atom is -0.313 e. The number of benzene rings is 1. The standard InChI is InChI=1S/C15H20BrFN2/c1-15(2,11-18)7-3-4-8-19-10-12-9-13(16)5-6-14(12)17/h5-6,9,19H,3-4,7-8,10H2,1-2H3. The van der Waals surface area contributed by atoms with Crippen molar-refractivity contribution in [3.8, 4) is 6.07 Å². The predicted octanol–water partition coefficient (Wildman–Crippen LogP) is 4.40. The summed E-state index contributed by atoms with van der Waals surface area (Å²) >= 11 is 3.33. The van der Waals surface area contributed by atoms with Gasteiger partial charge in [-0.25, -0.2) is 4.39 Å². The van der Waals surface area contributed by atoms with Gasteiger partial charge in [-0.05, 0) is 51.4 Å². The molecular formula is C15H20BrFN2. The van der Waals surface area contributed by atoms with Gasteiger partial charge in [0.2, 0.25) is 0 Å². The molecule has 0 atom stereocenters. The molecule has 0 bridgehead atoms. The number of unbranched alkanes of at least 4 members (excludes halogenated alkanes) is 1. The molecule has 0 radical (unpaired) electrons. The van der Waals surface area contributed by atoms with Crippen LogP contribution in [0, 0.1) is 22.6 Å². The number of halogens is 2. The molecule has 0 spiro atoms. The van der Waals surface area contributed by atoms with Crippen LogP contribution >= 0.6 is 15.9 Å². The third kappa shape index (κ3) is 6.17. The molecule has 0 aliphatic rings. The second kappa shape index (κ2) is 7.62. The third-order valence-corrected chi connectivity index (χ3v) is 3.52. The number of nitriles is 1. The summed E-state index contributed by atoms with van der Waals surface area (Å²) in [6.45, 7) is 5.29. The summed E-state index contributed by atoms with van der Waals surface area (Å²) in [5, 5.41) is 12.1. The van der Waals surface area contributed by atoms with E-state index < -0.39 is 0 Å². The first-order chi connectivity index (χ1) is 8.94. The summed E-state index contributed by atoms with van der Waals surface area (Å²) in [5.74, 6) is -0.179. The lowest BCUT2D eigenvalue weighted by atomic mass is 9.89. The van der Waals surface area contributed by atoms with Crippen molar-refractivity contribution in [3.05, 3.63) is 34.1 Å². The Balaban J connectivity index is 2.21. The lowest BCUT2D eigenvalue weighted by molar-refractivity contribution is 0.422. The summed E-state index contributed by atoms with van der Waals surface area (Å²) in [7, 11) is 0. The van der Waals surface area contributed by atoms with E-state index in [0.717, 1.165) is 30.3 Å². The quantitative estimate of drug-likeness (QED) is 0.754. The second-order valence-corrected chi connectivity index (χ2v) is 6.28. The van der Waals surface area contributed by atoms with Gasteiger partial charge in [0.1, 0.15) is 5.82 Å². The topological polar surface area (TPSA) is 35.8 Å². The maximum absolute atomic E-state index is 13.5. The summed E-state index contributed by atoms with van der Waals surface area (Å²) in [6, 6.07) is 7.26. The van der Waals surface area contributed by atoms with Crippen LogP contribution in [0.1, 0.15) is 38.7 Å². The summed E-state index contributed by atoms with van der Waals surface area (Å²) in [6.07, 6.45) is 2.91. The smallest absolute Gasteiger partial charge is 0.127 e. The van der Waals surface area contributed by atoms with Crippen molar-refractivity contribution in [2.24, 2.45) is 5.41 Å². The van der Waals surface area contributed by atoms with E-state index in [1.54, 1.807) is 12.1 Å². The Morgan fingerprint density at radius 1 is 1.37 bits per heavy atom. The molecule has 0 saturated carbocycles. The van der Waals surface area contributed by atoms with Crippen molar-refractivity contribution in [2.45, 2.75) is 39.7 Å². The number of hydrogen-bond acceptors (Lipinski definition) is 2. The molecule has 1 aromatic carbocycles. The first-order valence-electron chi connectivity index (χ1n) is 6.50. The van der Waals surface area contributed by atoms with Gasteiger partial charge in [0, 0.05) is 16.6 Å².